The number of anilines is 1. The van der Waals surface area contributed by atoms with Crippen LogP contribution >= 0.6 is 0 Å². The highest BCUT2D eigenvalue weighted by Gasteiger charge is 2.28. The Balaban J connectivity index is 2.61. The van der Waals surface area contributed by atoms with E-state index in [2.05, 4.69) is 10.6 Å². The normalized spacial score (nSPS) is 14.8. The van der Waals surface area contributed by atoms with Crippen molar-refractivity contribution in [3.63, 3.8) is 0 Å². The SMILES string of the molecule is CC[C@H](C)[C@](C)(O)CNC(=O)C(=O)Nc1cc(C)cc(C)c1. The van der Waals surface area contributed by atoms with Crippen molar-refractivity contribution in [2.45, 2.75) is 46.6 Å². The van der Waals surface area contributed by atoms with Crippen molar-refractivity contribution >= 4 is 17.5 Å². The lowest BCUT2D eigenvalue weighted by atomic mass is 9.89. The molecule has 0 aliphatic heterocycles. The molecule has 1 rings (SSSR count). The summed E-state index contributed by atoms with van der Waals surface area (Å²) in [5.74, 6) is -1.46. The van der Waals surface area contributed by atoms with Gasteiger partial charge in [0.25, 0.3) is 0 Å². The van der Waals surface area contributed by atoms with Crippen LogP contribution in [0.15, 0.2) is 18.2 Å². The van der Waals surface area contributed by atoms with Gasteiger partial charge < -0.3 is 15.7 Å². The Labute approximate surface area is 132 Å². The molecule has 0 spiro atoms. The molecule has 5 nitrogen and oxygen atoms in total. The van der Waals surface area contributed by atoms with Gasteiger partial charge in [-0.05, 0) is 49.9 Å². The molecule has 0 saturated heterocycles. The van der Waals surface area contributed by atoms with Gasteiger partial charge in [0.2, 0.25) is 0 Å². The second-order valence-electron chi connectivity index (χ2n) is 6.18. The van der Waals surface area contributed by atoms with Crippen LogP contribution in [0.4, 0.5) is 5.69 Å². The molecule has 1 aromatic carbocycles. The zero-order valence-electron chi connectivity index (χ0n) is 14.0. The fourth-order valence-corrected chi connectivity index (χ4v) is 2.19. The Morgan fingerprint density at radius 1 is 1.18 bits per heavy atom. The Bertz CT molecular complexity index is 533. The number of aryl methyl sites for hydroxylation is 2. The van der Waals surface area contributed by atoms with Gasteiger partial charge in [-0.3, -0.25) is 9.59 Å². The third-order valence-corrected chi connectivity index (χ3v) is 3.97. The van der Waals surface area contributed by atoms with Crippen molar-refractivity contribution in [2.24, 2.45) is 5.92 Å². The topological polar surface area (TPSA) is 78.4 Å². The first-order valence-electron chi connectivity index (χ1n) is 7.55. The summed E-state index contributed by atoms with van der Waals surface area (Å²) < 4.78 is 0. The van der Waals surface area contributed by atoms with Crippen molar-refractivity contribution in [3.8, 4) is 0 Å². The number of rotatable bonds is 5. The van der Waals surface area contributed by atoms with Crippen LogP contribution in [0.2, 0.25) is 0 Å². The Kier molecular flexibility index (Phi) is 6.11. The van der Waals surface area contributed by atoms with Crippen molar-refractivity contribution in [2.75, 3.05) is 11.9 Å². The second-order valence-corrected chi connectivity index (χ2v) is 6.18. The highest BCUT2D eigenvalue weighted by Crippen LogP contribution is 2.18. The van der Waals surface area contributed by atoms with Crippen molar-refractivity contribution < 1.29 is 14.7 Å². The zero-order valence-corrected chi connectivity index (χ0v) is 14.0. The van der Waals surface area contributed by atoms with Gasteiger partial charge in [-0.2, -0.15) is 0 Å². The van der Waals surface area contributed by atoms with Gasteiger partial charge in [0.05, 0.1) is 5.60 Å². The quantitative estimate of drug-likeness (QED) is 0.729. The van der Waals surface area contributed by atoms with E-state index in [1.165, 1.54) is 0 Å². The Morgan fingerprint density at radius 2 is 1.73 bits per heavy atom. The van der Waals surface area contributed by atoms with E-state index in [4.69, 9.17) is 0 Å². The minimum absolute atomic E-state index is 0.0234. The number of amides is 2. The fourth-order valence-electron chi connectivity index (χ4n) is 2.19. The molecule has 0 aromatic heterocycles. The molecular formula is C17H26N2O3. The van der Waals surface area contributed by atoms with Gasteiger partial charge in [-0.1, -0.05) is 26.3 Å². The molecule has 2 amide bonds. The van der Waals surface area contributed by atoms with Gasteiger partial charge in [0, 0.05) is 12.2 Å². The summed E-state index contributed by atoms with van der Waals surface area (Å²) in [6.45, 7) is 9.41. The number of hydrogen-bond donors (Lipinski definition) is 3. The molecule has 0 unspecified atom stereocenters. The summed E-state index contributed by atoms with van der Waals surface area (Å²) in [4.78, 5) is 23.7. The average Bonchev–Trinajstić information content (AvgIpc) is 2.42. The maximum absolute atomic E-state index is 11.9. The van der Waals surface area contributed by atoms with Gasteiger partial charge in [-0.15, -0.1) is 0 Å². The first kappa shape index (κ1) is 18.2. The second kappa shape index (κ2) is 7.40. The van der Waals surface area contributed by atoms with E-state index in [0.717, 1.165) is 17.5 Å². The summed E-state index contributed by atoms with van der Waals surface area (Å²) >= 11 is 0. The first-order valence-corrected chi connectivity index (χ1v) is 7.55. The predicted octanol–water partition coefficient (Wildman–Crippen LogP) is 2.16. The molecule has 5 heteroatoms. The average molecular weight is 306 g/mol. The molecule has 0 aliphatic rings. The number of benzene rings is 1. The van der Waals surface area contributed by atoms with Crippen LogP contribution in [-0.4, -0.2) is 29.1 Å². The molecule has 0 saturated carbocycles. The maximum atomic E-state index is 11.9. The van der Waals surface area contributed by atoms with Gasteiger partial charge >= 0.3 is 11.8 Å². The van der Waals surface area contributed by atoms with Crippen LogP contribution in [0.3, 0.4) is 0 Å². The third-order valence-electron chi connectivity index (χ3n) is 3.97. The molecular weight excluding hydrogens is 280 g/mol. The monoisotopic (exact) mass is 306 g/mol. The summed E-state index contributed by atoms with van der Waals surface area (Å²) in [5.41, 5.74) is 1.57. The lowest BCUT2D eigenvalue weighted by Gasteiger charge is -2.29. The standard InChI is InChI=1S/C17H26N2O3/c1-6-13(4)17(5,22)10-18-15(20)16(21)19-14-8-11(2)7-12(3)9-14/h7-9,13,22H,6,10H2,1-5H3,(H,18,20)(H,19,21)/t13-,17+/m0/s1. The van der Waals surface area contributed by atoms with Crippen LogP contribution in [0.5, 0.6) is 0 Å². The van der Waals surface area contributed by atoms with Crippen LogP contribution in [0, 0.1) is 19.8 Å². The number of carbonyl (C=O) groups excluding carboxylic acids is 2. The summed E-state index contributed by atoms with van der Waals surface area (Å²) in [6, 6.07) is 5.58. The highest BCUT2D eigenvalue weighted by atomic mass is 16.3. The minimum atomic E-state index is -1.04. The van der Waals surface area contributed by atoms with Crippen molar-refractivity contribution in [1.29, 1.82) is 0 Å². The van der Waals surface area contributed by atoms with Gasteiger partial charge in [-0.25, -0.2) is 0 Å². The Hall–Kier alpha value is -1.88. The molecule has 3 N–H and O–H groups in total. The lowest BCUT2D eigenvalue weighted by molar-refractivity contribution is -0.137. The molecule has 0 fully saturated rings. The number of carbonyl (C=O) groups is 2. The molecule has 0 bridgehead atoms. The fraction of sp³-hybridized carbons (Fsp3) is 0.529. The van der Waals surface area contributed by atoms with Crippen molar-refractivity contribution in [1.82, 2.24) is 5.32 Å². The van der Waals surface area contributed by atoms with E-state index in [1.807, 2.05) is 33.8 Å². The molecule has 2 atom stereocenters. The van der Waals surface area contributed by atoms with E-state index in [0.29, 0.717) is 5.69 Å². The van der Waals surface area contributed by atoms with Gasteiger partial charge in [0.15, 0.2) is 0 Å². The maximum Gasteiger partial charge on any atom is 0.313 e. The van der Waals surface area contributed by atoms with E-state index in [9.17, 15) is 14.7 Å². The predicted molar refractivity (Wildman–Crippen MR) is 87.6 cm³/mol. The summed E-state index contributed by atoms with van der Waals surface area (Å²) in [7, 11) is 0. The molecule has 1 aromatic rings. The number of hydrogen-bond acceptors (Lipinski definition) is 3. The van der Waals surface area contributed by atoms with Crippen LogP contribution in [-0.2, 0) is 9.59 Å². The van der Waals surface area contributed by atoms with E-state index in [-0.39, 0.29) is 12.5 Å². The number of nitrogens with one attached hydrogen (secondary N) is 2. The van der Waals surface area contributed by atoms with Crippen LogP contribution in [0.25, 0.3) is 0 Å². The first-order chi connectivity index (χ1) is 10.2. The van der Waals surface area contributed by atoms with Crippen LogP contribution < -0.4 is 10.6 Å². The largest absolute Gasteiger partial charge is 0.388 e. The van der Waals surface area contributed by atoms with E-state index < -0.39 is 17.4 Å². The van der Waals surface area contributed by atoms with Crippen LogP contribution in [0.1, 0.15) is 38.3 Å². The molecule has 22 heavy (non-hydrogen) atoms. The van der Waals surface area contributed by atoms with Crippen molar-refractivity contribution in [3.05, 3.63) is 29.3 Å². The Morgan fingerprint density at radius 3 is 2.23 bits per heavy atom. The van der Waals surface area contributed by atoms with E-state index >= 15 is 0 Å². The molecule has 0 radical (unpaired) electrons. The minimum Gasteiger partial charge on any atom is -0.388 e. The third kappa shape index (κ3) is 5.15. The van der Waals surface area contributed by atoms with E-state index in [1.54, 1.807) is 19.1 Å². The number of aliphatic hydroxyl groups is 1. The smallest absolute Gasteiger partial charge is 0.313 e. The molecule has 0 aliphatic carbocycles. The highest BCUT2D eigenvalue weighted by molar-refractivity contribution is 6.39. The van der Waals surface area contributed by atoms with Gasteiger partial charge in [0.1, 0.15) is 0 Å². The summed E-state index contributed by atoms with van der Waals surface area (Å²) in [5, 5.41) is 15.3. The summed E-state index contributed by atoms with van der Waals surface area (Å²) in [6.07, 6.45) is 0.789. The molecule has 0 heterocycles. The molecule has 122 valence electrons. The lowest BCUT2D eigenvalue weighted by Crippen LogP contribution is -2.47. The zero-order chi connectivity index (χ0) is 16.9.